The molecule has 2 aliphatic carbocycles. The molecule has 1 unspecified atom stereocenters. The molecule has 8 aromatic rings. The molecule has 6 aromatic carbocycles. The first-order valence-electron chi connectivity index (χ1n) is 43.6. The lowest BCUT2D eigenvalue weighted by Gasteiger charge is -2.28. The Kier molecular flexibility index (Phi) is 14.4. The first-order valence-corrected chi connectivity index (χ1v) is 30.7. The lowest BCUT2D eigenvalue weighted by molar-refractivity contribution is -0.138. The number of nitrogens with zero attached hydrogens (tertiary/aromatic N) is 8. The van der Waals surface area contributed by atoms with E-state index in [0.717, 1.165) is 49.9 Å². The van der Waals surface area contributed by atoms with Crippen LogP contribution < -0.4 is 11.1 Å². The SMILES string of the molecule is [2H]C([2H])(Sc1nc(=O)c2c(n1CC(=O)N(Cc1ccc(-c3ccc(C(F)(F)F)cc3)cc1)C([2H])([2H])C([2H])([2H])N(CC)CC)CCC2)c1ccc(F)cc1.[2H]c1c([2H])c(C([2H])([2H])Sc2nc(=O)c3c(n2CC(=O)N(CCN(C([2H])([2H])C)C([2H])([2H])C)Cc2c([2H])c([2H])c(-c4c([2H])c([2H])c(C(F)(F)F)c([2H])c4[2H])c([2H])c2[2H])C([2H])([2H])C([2H])(C)C3([2H])[2H])c([2H])c([2H])c1F. The second-order valence-corrected chi connectivity index (χ2v) is 22.3. The monoisotopic (exact) mass is 1380 g/mol. The number of hydrogen-bond acceptors (Lipinski definition) is 10. The minimum absolute atomic E-state index is 0.0849. The average molecular weight is 1380 g/mol. The maximum absolute atomic E-state index is 14.9. The van der Waals surface area contributed by atoms with Crippen LogP contribution in [0.1, 0.15) is 137 Å². The van der Waals surface area contributed by atoms with Gasteiger partial charge in [-0.1, -0.05) is 155 Å². The number of halogens is 8. The van der Waals surface area contributed by atoms with Gasteiger partial charge in [0.25, 0.3) is 11.1 Å². The number of alkyl halides is 6. The smallest absolute Gasteiger partial charge is 0.336 e. The third kappa shape index (κ3) is 19.2. The van der Waals surface area contributed by atoms with E-state index in [0.29, 0.717) is 73.3 Å². The summed E-state index contributed by atoms with van der Waals surface area (Å²) in [5.74, 6) is -7.42. The molecule has 2 aliphatic rings. The van der Waals surface area contributed by atoms with Gasteiger partial charge in [-0.25, -0.2) is 8.78 Å². The molecule has 0 N–H and O–H groups in total. The van der Waals surface area contributed by atoms with E-state index in [-0.39, 0.29) is 35.6 Å². The van der Waals surface area contributed by atoms with Crippen LogP contribution in [-0.2, 0) is 85.1 Å². The summed E-state index contributed by atoms with van der Waals surface area (Å²) in [6.07, 6.45) is -15.1. The van der Waals surface area contributed by atoms with E-state index in [9.17, 15) is 54.3 Å². The van der Waals surface area contributed by atoms with Gasteiger partial charge in [0.15, 0.2) is 10.3 Å². The molecule has 0 saturated heterocycles. The Labute approximate surface area is 598 Å². The van der Waals surface area contributed by atoms with Crippen LogP contribution in [0.25, 0.3) is 22.3 Å². The third-order valence-corrected chi connectivity index (χ3v) is 16.0. The number of fused-ring (bicyclic) bond motifs is 2. The molecular weight excluding hydrogens is 1270 g/mol. The highest BCUT2D eigenvalue weighted by atomic mass is 32.2. The summed E-state index contributed by atoms with van der Waals surface area (Å²) >= 11 is 0.304. The predicted molar refractivity (Wildman–Crippen MR) is 358 cm³/mol. The fourth-order valence-corrected chi connectivity index (χ4v) is 10.9. The molecule has 95 heavy (non-hydrogen) atoms. The predicted octanol–water partition coefficient (Wildman–Crippen LogP) is 14.7. The van der Waals surface area contributed by atoms with Gasteiger partial charge in [-0.2, -0.15) is 36.3 Å². The molecule has 2 aromatic heterocycles. The number of amides is 2. The van der Waals surface area contributed by atoms with Gasteiger partial charge in [0, 0.05) is 93.7 Å². The maximum atomic E-state index is 14.9. The summed E-state index contributed by atoms with van der Waals surface area (Å²) in [5.41, 5.74) is -14.3. The molecule has 22 heteroatoms. The van der Waals surface area contributed by atoms with Gasteiger partial charge in [0.05, 0.1) is 30.3 Å². The van der Waals surface area contributed by atoms with Crippen LogP contribution in [-0.4, -0.2) is 103 Å². The van der Waals surface area contributed by atoms with Crippen molar-refractivity contribution in [1.82, 2.24) is 38.7 Å². The van der Waals surface area contributed by atoms with E-state index in [1.54, 1.807) is 38.1 Å². The van der Waals surface area contributed by atoms with Gasteiger partial charge >= 0.3 is 12.4 Å². The number of rotatable bonds is 26. The molecule has 0 saturated carbocycles. The Morgan fingerprint density at radius 3 is 1.63 bits per heavy atom. The lowest BCUT2D eigenvalue weighted by Crippen LogP contribution is -2.40. The number of benzene rings is 6. The largest absolute Gasteiger partial charge is 0.416 e. The fraction of sp³-hybridized carbons (Fsp3) is 0.370. The van der Waals surface area contributed by atoms with Crippen LogP contribution in [0.2, 0.25) is 0 Å². The summed E-state index contributed by atoms with van der Waals surface area (Å²) in [7, 11) is 0. The zero-order valence-corrected chi connectivity index (χ0v) is 52.9. The van der Waals surface area contributed by atoms with E-state index in [1.807, 2.05) is 0 Å². The Balaban J connectivity index is 0.000000293. The molecular formula is C73H78F8N8O4S2. The van der Waals surface area contributed by atoms with Crippen molar-refractivity contribution in [3.8, 4) is 22.3 Å². The highest BCUT2D eigenvalue weighted by Crippen LogP contribution is 2.35. The van der Waals surface area contributed by atoms with Crippen molar-refractivity contribution in [1.29, 1.82) is 0 Å². The number of hydrogen-bond donors (Lipinski definition) is 0. The second kappa shape index (κ2) is 32.7. The molecule has 2 heterocycles. The van der Waals surface area contributed by atoms with Gasteiger partial charge < -0.3 is 28.7 Å². The van der Waals surface area contributed by atoms with Gasteiger partial charge in [0.2, 0.25) is 11.8 Å². The second-order valence-electron chi connectivity index (χ2n) is 20.7. The summed E-state index contributed by atoms with van der Waals surface area (Å²) in [6.45, 7) is -9.57. The van der Waals surface area contributed by atoms with Gasteiger partial charge in [0.1, 0.15) is 24.7 Å². The van der Waals surface area contributed by atoms with Crippen molar-refractivity contribution in [2.24, 2.45) is 5.89 Å². The minimum Gasteiger partial charge on any atom is -0.336 e. The van der Waals surface area contributed by atoms with Crippen molar-refractivity contribution in [3.05, 3.63) is 234 Å². The van der Waals surface area contributed by atoms with E-state index in [2.05, 4.69) is 9.97 Å². The Hall–Kier alpha value is -7.92. The van der Waals surface area contributed by atoms with Crippen molar-refractivity contribution in [2.75, 3.05) is 52.2 Å². The Morgan fingerprint density at radius 2 is 1.06 bits per heavy atom. The van der Waals surface area contributed by atoms with E-state index in [4.69, 9.17) is 39.8 Å². The molecule has 0 fully saturated rings. The maximum Gasteiger partial charge on any atom is 0.416 e. The van der Waals surface area contributed by atoms with Gasteiger partial charge in [-0.3, -0.25) is 19.2 Å². The van der Waals surface area contributed by atoms with Crippen LogP contribution in [0, 0.1) is 17.5 Å². The summed E-state index contributed by atoms with van der Waals surface area (Å²) in [4.78, 5) is 67.3. The van der Waals surface area contributed by atoms with Crippen LogP contribution in [0.3, 0.4) is 0 Å². The molecule has 0 aliphatic heterocycles. The normalized spacial score (nSPS) is 20.8. The van der Waals surface area contributed by atoms with Gasteiger partial charge in [-0.05, 0) is 157 Å². The Morgan fingerprint density at radius 1 is 0.558 bits per heavy atom. The number of thioether (sulfide) groups is 2. The van der Waals surface area contributed by atoms with Crippen molar-refractivity contribution >= 4 is 35.3 Å². The quantitative estimate of drug-likeness (QED) is 0.0295. The molecule has 0 radical (unpaired) electrons. The zero-order chi connectivity index (χ0) is 93.7. The van der Waals surface area contributed by atoms with Gasteiger partial charge in [-0.15, -0.1) is 0 Å². The average Bonchev–Trinajstić information content (AvgIpc) is 1.45. The van der Waals surface area contributed by atoms with Crippen molar-refractivity contribution in [3.63, 3.8) is 0 Å². The Bertz CT molecular complexity index is 5500. The lowest BCUT2D eigenvalue weighted by atomic mass is 10.0. The molecule has 12 nitrogen and oxygen atoms in total. The summed E-state index contributed by atoms with van der Waals surface area (Å²) in [6, 6.07) is 0.0140. The number of carbonyl (C=O) groups is 2. The summed E-state index contributed by atoms with van der Waals surface area (Å²) in [5, 5.41) is -1.18. The highest BCUT2D eigenvalue weighted by molar-refractivity contribution is 7.98. The van der Waals surface area contributed by atoms with Crippen molar-refractivity contribution in [2.45, 2.75) is 127 Å². The van der Waals surface area contributed by atoms with Crippen LogP contribution in [0.4, 0.5) is 35.1 Å². The molecule has 10 rings (SSSR count). The van der Waals surface area contributed by atoms with E-state index < -0.39 is 265 Å². The number of aromatic nitrogens is 4. The highest BCUT2D eigenvalue weighted by Gasteiger charge is 2.33. The first-order chi connectivity index (χ1) is 56.7. The summed E-state index contributed by atoms with van der Waals surface area (Å²) < 4.78 is 360. The molecule has 1 atom stereocenters. The minimum atomic E-state index is -5.40. The standard InChI is InChI=1S/C37H40F4N4O2S.C36H38F4N4O2S/c1-4-43(5-2)18-19-44(22-26-6-10-28(11-7-26)29-12-14-30(15-13-29)37(39,40)41)34(46)23-45-33-21-25(3)20-32(33)35(47)42-36(45)48-24-27-8-16-31(38)17-9-27;1-3-42(4-2)20-21-43(22-25-8-12-27(13-9-25)28-14-16-29(17-15-28)36(38,39)40)33(45)23-44-32-7-5-6-31(32)34(46)41-35(44)47-24-26-10-18-30(37)19-11-26/h6-17,25H,4-5,18-24H2,1-3H3;8-19H,3-7,20-24H2,1-2H3/i4D2,5D2,6D,7D,8D,9D,10D,11D,12D,13D,14D,15D,16D,17D,20D2,21D2,24D2,25D;20D2,21D2,24D2. The van der Waals surface area contributed by atoms with Crippen LogP contribution in [0.15, 0.2) is 165 Å². The van der Waals surface area contributed by atoms with Crippen molar-refractivity contribution < 1.29 is 84.5 Å². The zero-order valence-electron chi connectivity index (χ0n) is 80.3. The van der Waals surface area contributed by atoms with E-state index in [1.165, 1.54) is 33.7 Å². The molecule has 502 valence electrons. The first kappa shape index (κ1) is 41.9. The van der Waals surface area contributed by atoms with Crippen LogP contribution >= 0.6 is 23.5 Å². The number of carbonyl (C=O) groups excluding carboxylic acids is 2. The number of likely N-dealkylation sites (N-methyl/N-ethyl adjacent to an activating group) is 2. The van der Waals surface area contributed by atoms with E-state index >= 15 is 0 Å². The van der Waals surface area contributed by atoms with Crippen LogP contribution in [0.5, 0.6) is 0 Å². The molecule has 0 spiro atoms. The molecule has 2 amide bonds. The molecule has 0 bridgehead atoms. The topological polar surface area (TPSA) is 117 Å². The third-order valence-electron chi connectivity index (χ3n) is 14.4. The fourth-order valence-electron chi connectivity index (χ4n) is 9.45.